The summed E-state index contributed by atoms with van der Waals surface area (Å²) in [6.45, 7) is 2.11. The molecule has 0 saturated carbocycles. The van der Waals surface area contributed by atoms with Gasteiger partial charge in [0.25, 0.3) is 0 Å². The van der Waals surface area contributed by atoms with Crippen LogP contribution in [0.1, 0.15) is 0 Å². The van der Waals surface area contributed by atoms with Crippen molar-refractivity contribution in [2.45, 2.75) is 71.1 Å². The summed E-state index contributed by atoms with van der Waals surface area (Å²) in [5.74, 6) is 2.36. The van der Waals surface area contributed by atoms with E-state index >= 15 is 0 Å². The Morgan fingerprint density at radius 1 is 0.476 bits per heavy atom. The van der Waals surface area contributed by atoms with E-state index in [9.17, 15) is 0 Å². The van der Waals surface area contributed by atoms with Crippen molar-refractivity contribution in [2.24, 2.45) is 17.2 Å². The van der Waals surface area contributed by atoms with Crippen LogP contribution in [-0.4, -0.2) is 108 Å². The first-order chi connectivity index (χ1) is 21.8. The van der Waals surface area contributed by atoms with Crippen LogP contribution in [0.25, 0.3) is 0 Å². The molecule has 0 spiro atoms. The topological polar surface area (TPSA) is 259 Å². The SMILES string of the molecule is [2H]NC1NC(Cl)NC(SCCNC2NC(NCCSC3NC(Cl)NC(N[2H])N3)NC(NCCSC3NC(Cl)NC(N[2H])N3)N2)N1. The number of halogens is 3. The number of thioether (sulfide) groups is 3. The highest BCUT2D eigenvalue weighted by atomic mass is 35.5. The summed E-state index contributed by atoms with van der Waals surface area (Å²) in [5.41, 5.74) is 5.51. The molecular weight excluding hydrogens is 671 g/mol. The smallest absolute Gasteiger partial charge is 0.139 e. The van der Waals surface area contributed by atoms with Crippen LogP contribution >= 0.6 is 70.1 Å². The van der Waals surface area contributed by atoms with E-state index in [0.717, 1.165) is 17.3 Å². The van der Waals surface area contributed by atoms with Crippen LogP contribution < -0.4 is 96.9 Å². The molecule has 0 amide bonds. The third kappa shape index (κ3) is 13.5. The largest absolute Gasteiger partial charge is 0.303 e. The zero-order chi connectivity index (χ0) is 32.0. The summed E-state index contributed by atoms with van der Waals surface area (Å²) in [6.07, 6.45) is -1.78. The Hall–Kier alpha value is 1.20. The molecule has 4 saturated heterocycles. The standard InChI is InChI=1S/C18H45Cl3N18S3/c19-7-28-10(22)34-16(31-7)40-4-1-25-13-37-14(26-2-5-41-17-32-8(20)29-11(23)35-17)39-15(38-13)27-3-6-42-18-33-9(21)30-12(24)36-18/h7-18,25-39H,1-6,22-24H2/i/hD3. The molecule has 0 aromatic heterocycles. The normalized spacial score (nSPS) is 42.5. The van der Waals surface area contributed by atoms with E-state index in [1.807, 2.05) is 0 Å². The second-order valence-corrected chi connectivity index (χ2v) is 14.2. The predicted molar refractivity (Wildman–Crippen MR) is 175 cm³/mol. The van der Waals surface area contributed by atoms with Crippen LogP contribution in [-0.2, 0) is 0 Å². The molecule has 18 nitrogen and oxygen atoms in total. The first-order valence-electron chi connectivity index (χ1n) is 14.9. The van der Waals surface area contributed by atoms with Crippen LogP contribution in [0.3, 0.4) is 0 Å². The molecule has 0 aromatic carbocycles. The van der Waals surface area contributed by atoms with Crippen LogP contribution in [0.15, 0.2) is 0 Å². The van der Waals surface area contributed by atoms with E-state index in [1.165, 1.54) is 0 Å². The minimum atomic E-state index is -0.441. The minimum absolute atomic E-state index is 0.110. The Bertz CT molecular complexity index is 730. The van der Waals surface area contributed by atoms with Gasteiger partial charge in [0.1, 0.15) is 75.3 Å². The Labute approximate surface area is 278 Å². The van der Waals surface area contributed by atoms with Gasteiger partial charge < -0.3 is 17.2 Å². The van der Waals surface area contributed by atoms with Crippen molar-refractivity contribution in [3.8, 4) is 0 Å². The van der Waals surface area contributed by atoms with Gasteiger partial charge >= 0.3 is 0 Å². The van der Waals surface area contributed by atoms with E-state index in [0.29, 0.717) is 19.6 Å². The average Bonchev–Trinajstić information content (AvgIpc) is 3.02. The maximum absolute atomic E-state index is 7.37. The first kappa shape index (κ1) is 31.8. The lowest BCUT2D eigenvalue weighted by Gasteiger charge is -2.40. The summed E-state index contributed by atoms with van der Waals surface area (Å²) < 4.78 is 22.1. The molecule has 0 radical (unpaired) electrons. The molecule has 4 fully saturated rings. The van der Waals surface area contributed by atoms with Crippen LogP contribution in [0.5, 0.6) is 0 Å². The monoisotopic (exact) mass is 717 g/mol. The van der Waals surface area contributed by atoms with Crippen molar-refractivity contribution in [3.05, 3.63) is 0 Å². The van der Waals surface area contributed by atoms with Crippen molar-refractivity contribution in [1.29, 1.82) is 0 Å². The van der Waals surface area contributed by atoms with Crippen molar-refractivity contribution in [3.63, 3.8) is 0 Å². The van der Waals surface area contributed by atoms with Gasteiger partial charge in [-0.15, -0.1) is 35.3 Å². The van der Waals surface area contributed by atoms with Gasteiger partial charge in [-0.2, -0.15) is 0 Å². The molecule has 246 valence electrons. The fourth-order valence-electron chi connectivity index (χ4n) is 4.15. The van der Waals surface area contributed by atoms with Gasteiger partial charge in [-0.1, -0.05) is 34.8 Å². The Morgan fingerprint density at radius 3 is 1.07 bits per heavy atom. The fraction of sp³-hybridized carbons (Fsp3) is 1.00. The molecule has 42 heavy (non-hydrogen) atoms. The zero-order valence-corrected chi connectivity index (χ0v) is 27.2. The zero-order valence-electron chi connectivity index (χ0n) is 25.5. The highest BCUT2D eigenvalue weighted by molar-refractivity contribution is 8.00. The molecule has 4 aliphatic rings. The highest BCUT2D eigenvalue weighted by Crippen LogP contribution is 2.11. The van der Waals surface area contributed by atoms with Gasteiger partial charge in [0.05, 0.1) is 0 Å². The molecule has 0 aromatic rings. The number of nitrogens with one attached hydrogen (secondary N) is 15. The van der Waals surface area contributed by atoms with Gasteiger partial charge in [-0.3, -0.25) is 79.8 Å². The van der Waals surface area contributed by atoms with Crippen molar-refractivity contribution >= 4 is 70.1 Å². The molecule has 0 aliphatic carbocycles. The predicted octanol–water partition coefficient (Wildman–Crippen LogP) is -5.92. The second-order valence-electron chi connectivity index (χ2n) is 9.30. The molecule has 9 atom stereocenters. The lowest BCUT2D eigenvalue weighted by atomic mass is 10.5. The maximum atomic E-state index is 7.37. The van der Waals surface area contributed by atoms with E-state index in [4.69, 9.17) is 39.0 Å². The molecule has 4 aliphatic heterocycles. The molecule has 21 N–H and O–H groups in total. The quantitative estimate of drug-likeness (QED) is 0.0358. The summed E-state index contributed by atoms with van der Waals surface area (Å²) >= 11 is 23.5. The summed E-state index contributed by atoms with van der Waals surface area (Å²) in [7, 11) is 0. The third-order valence-corrected chi connectivity index (χ3v) is 9.88. The Kier molecular flexibility index (Phi) is 14.5. The van der Waals surface area contributed by atoms with E-state index in [1.54, 1.807) is 35.3 Å². The van der Waals surface area contributed by atoms with Crippen LogP contribution in [0, 0.1) is 0 Å². The van der Waals surface area contributed by atoms with E-state index < -0.39 is 35.7 Å². The lowest BCUT2D eigenvalue weighted by molar-refractivity contribution is 0.138. The van der Waals surface area contributed by atoms with Gasteiger partial charge in [0, 0.05) is 36.9 Å². The van der Waals surface area contributed by atoms with Gasteiger partial charge in [0.15, 0.2) is 0 Å². The molecule has 9 unspecified atom stereocenters. The highest BCUT2D eigenvalue weighted by Gasteiger charge is 2.28. The summed E-state index contributed by atoms with van der Waals surface area (Å²) in [6, 6.07) is 0. The number of rotatable bonds is 18. The summed E-state index contributed by atoms with van der Waals surface area (Å²) in [4.78, 5) is 0. The average molecular weight is 719 g/mol. The molecule has 4 rings (SSSR count). The van der Waals surface area contributed by atoms with Crippen molar-refractivity contribution < 1.29 is 4.24 Å². The van der Waals surface area contributed by atoms with Gasteiger partial charge in [0.2, 0.25) is 0 Å². The van der Waals surface area contributed by atoms with Gasteiger partial charge in [-0.05, 0) is 0 Å². The number of hydrogen-bond donors (Lipinski definition) is 18. The van der Waals surface area contributed by atoms with E-state index in [-0.39, 0.29) is 35.4 Å². The van der Waals surface area contributed by atoms with Crippen molar-refractivity contribution in [2.75, 3.05) is 36.9 Å². The Morgan fingerprint density at radius 2 is 0.786 bits per heavy atom. The number of nitrogens with two attached hydrogens (primary N) is 3. The Balaban J connectivity index is 1.19. The first-order valence-corrected chi connectivity index (χ1v) is 17.9. The molecular formula is C18H45Cl3N18S3. The maximum Gasteiger partial charge on any atom is 0.139 e. The van der Waals surface area contributed by atoms with Crippen molar-refractivity contribution in [1.82, 2.24) is 79.8 Å². The lowest BCUT2D eigenvalue weighted by Crippen LogP contribution is -2.77. The molecule has 24 heteroatoms. The van der Waals surface area contributed by atoms with E-state index in [2.05, 4.69) is 96.9 Å². The fourth-order valence-corrected chi connectivity index (χ4v) is 7.94. The number of alkyl halides is 3. The molecule has 0 bridgehead atoms. The number of hydrogen-bond acceptors (Lipinski definition) is 21. The minimum Gasteiger partial charge on any atom is -0.303 e. The van der Waals surface area contributed by atoms with Crippen LogP contribution in [0.4, 0.5) is 0 Å². The summed E-state index contributed by atoms with van der Waals surface area (Å²) in [5, 5.41) is 49.1. The van der Waals surface area contributed by atoms with Gasteiger partial charge in [-0.25, -0.2) is 0 Å². The molecule has 4 heterocycles. The third-order valence-electron chi connectivity index (χ3n) is 5.99. The van der Waals surface area contributed by atoms with Crippen LogP contribution in [0.2, 0.25) is 4.24 Å². The second kappa shape index (κ2) is 19.1.